The third kappa shape index (κ3) is 5.77. The summed E-state index contributed by atoms with van der Waals surface area (Å²) in [7, 11) is 3.67. The summed E-state index contributed by atoms with van der Waals surface area (Å²) < 4.78 is 5.25. The fourth-order valence-corrected chi connectivity index (χ4v) is 4.40. The molecule has 166 valence electrons. The van der Waals surface area contributed by atoms with Crippen molar-refractivity contribution in [2.45, 2.75) is 51.5 Å². The van der Waals surface area contributed by atoms with Crippen molar-refractivity contribution in [3.63, 3.8) is 0 Å². The molecule has 0 unspecified atom stereocenters. The molecule has 1 fully saturated rings. The van der Waals surface area contributed by atoms with Crippen molar-refractivity contribution >= 4 is 17.5 Å². The maximum atomic E-state index is 13.4. The van der Waals surface area contributed by atoms with Crippen LogP contribution in [0.25, 0.3) is 0 Å². The molecule has 1 aliphatic rings. The third-order valence-electron chi connectivity index (χ3n) is 6.13. The van der Waals surface area contributed by atoms with Crippen molar-refractivity contribution in [2.24, 2.45) is 11.8 Å². The zero-order valence-corrected chi connectivity index (χ0v) is 18.9. The minimum atomic E-state index is -0.933. The Kier molecular flexibility index (Phi) is 8.75. The van der Waals surface area contributed by atoms with Crippen LogP contribution in [-0.4, -0.2) is 44.6 Å². The summed E-state index contributed by atoms with van der Waals surface area (Å²) >= 11 is 0. The molecule has 3 atom stereocenters. The summed E-state index contributed by atoms with van der Waals surface area (Å²) in [5, 5.41) is 6.15. The average molecular weight is 416 g/mol. The van der Waals surface area contributed by atoms with Gasteiger partial charge in [0.05, 0.1) is 7.11 Å². The Morgan fingerprint density at radius 3 is 2.57 bits per heavy atom. The van der Waals surface area contributed by atoms with Crippen LogP contribution in [0.4, 0.5) is 5.69 Å². The highest BCUT2D eigenvalue weighted by Gasteiger charge is 2.50. The van der Waals surface area contributed by atoms with E-state index in [0.29, 0.717) is 19.5 Å². The van der Waals surface area contributed by atoms with Crippen LogP contribution in [0.3, 0.4) is 0 Å². The molecule has 1 saturated carbocycles. The molecule has 2 N–H and O–H groups in total. The molecular weight excluding hydrogens is 378 g/mol. The Morgan fingerprint density at radius 1 is 1.30 bits per heavy atom. The lowest BCUT2D eigenvalue weighted by Crippen LogP contribution is -2.66. The number of nitrogens with zero attached hydrogens (tertiary/aromatic N) is 1. The van der Waals surface area contributed by atoms with Gasteiger partial charge >= 0.3 is 0 Å². The molecular formula is C24H37N3O3. The van der Waals surface area contributed by atoms with E-state index in [2.05, 4.69) is 29.0 Å². The number of unbranched alkanes of at least 4 members (excludes halogenated alkanes) is 1. The summed E-state index contributed by atoms with van der Waals surface area (Å²) in [5.74, 6) is 0.748. The van der Waals surface area contributed by atoms with Gasteiger partial charge in [0.1, 0.15) is 11.3 Å². The molecule has 1 aliphatic carbocycles. The zero-order valence-electron chi connectivity index (χ0n) is 18.9. The van der Waals surface area contributed by atoms with Crippen LogP contribution in [0.5, 0.6) is 5.75 Å². The van der Waals surface area contributed by atoms with Crippen molar-refractivity contribution in [3.8, 4) is 5.75 Å². The van der Waals surface area contributed by atoms with Gasteiger partial charge in [0.15, 0.2) is 0 Å². The highest BCUT2D eigenvalue weighted by Crippen LogP contribution is 2.39. The predicted octanol–water partition coefficient (Wildman–Crippen LogP) is 3.52. The van der Waals surface area contributed by atoms with Crippen LogP contribution in [0.2, 0.25) is 0 Å². The first-order chi connectivity index (χ1) is 14.4. The summed E-state index contributed by atoms with van der Waals surface area (Å²) in [4.78, 5) is 27.7. The van der Waals surface area contributed by atoms with E-state index in [1.165, 1.54) is 6.92 Å². The largest absolute Gasteiger partial charge is 0.497 e. The van der Waals surface area contributed by atoms with Gasteiger partial charge < -0.3 is 20.3 Å². The van der Waals surface area contributed by atoms with E-state index in [9.17, 15) is 9.59 Å². The van der Waals surface area contributed by atoms with Gasteiger partial charge in [0.25, 0.3) is 0 Å². The lowest BCUT2D eigenvalue weighted by atomic mass is 9.67. The molecule has 0 aliphatic heterocycles. The van der Waals surface area contributed by atoms with Crippen LogP contribution in [-0.2, 0) is 9.59 Å². The number of hydrogen-bond acceptors (Lipinski definition) is 4. The molecule has 0 radical (unpaired) electrons. The van der Waals surface area contributed by atoms with Gasteiger partial charge in [-0.05, 0) is 55.9 Å². The minimum absolute atomic E-state index is 0.00803. The Bertz CT molecular complexity index is 719. The lowest BCUT2D eigenvalue weighted by molar-refractivity contribution is -0.137. The third-order valence-corrected chi connectivity index (χ3v) is 6.13. The Morgan fingerprint density at radius 2 is 2.00 bits per heavy atom. The van der Waals surface area contributed by atoms with Crippen LogP contribution >= 0.6 is 0 Å². The van der Waals surface area contributed by atoms with E-state index in [1.807, 2.05) is 37.4 Å². The molecule has 0 spiro atoms. The second-order valence-corrected chi connectivity index (χ2v) is 8.31. The number of nitrogens with one attached hydrogen (secondary N) is 2. The lowest BCUT2D eigenvalue weighted by Gasteiger charge is -2.46. The van der Waals surface area contributed by atoms with Crippen molar-refractivity contribution in [3.05, 3.63) is 36.9 Å². The van der Waals surface area contributed by atoms with Gasteiger partial charge in [0, 0.05) is 38.7 Å². The average Bonchev–Trinajstić information content (AvgIpc) is 2.74. The highest BCUT2D eigenvalue weighted by molar-refractivity contribution is 5.91. The number of amides is 2. The second-order valence-electron chi connectivity index (χ2n) is 8.31. The molecule has 6 heteroatoms. The highest BCUT2D eigenvalue weighted by atomic mass is 16.5. The summed E-state index contributed by atoms with van der Waals surface area (Å²) in [6.07, 6.45) is 6.23. The molecule has 1 aromatic carbocycles. The number of allylic oxidation sites excluding steroid dienone is 1. The van der Waals surface area contributed by atoms with Gasteiger partial charge in [-0.2, -0.15) is 0 Å². The van der Waals surface area contributed by atoms with Crippen molar-refractivity contribution in [2.75, 3.05) is 32.1 Å². The topological polar surface area (TPSA) is 70.7 Å². The molecule has 30 heavy (non-hydrogen) atoms. The fourth-order valence-electron chi connectivity index (χ4n) is 4.40. The van der Waals surface area contributed by atoms with E-state index in [0.717, 1.165) is 37.1 Å². The first kappa shape index (κ1) is 23.8. The number of methoxy groups -OCH3 is 1. The molecule has 6 nitrogen and oxygen atoms in total. The van der Waals surface area contributed by atoms with Gasteiger partial charge in [-0.1, -0.05) is 19.4 Å². The first-order valence-corrected chi connectivity index (χ1v) is 10.9. The number of carbonyl (C=O) groups is 2. The van der Waals surface area contributed by atoms with Gasteiger partial charge in [0.2, 0.25) is 11.8 Å². The summed E-state index contributed by atoms with van der Waals surface area (Å²) in [5.41, 5.74) is 0.113. The van der Waals surface area contributed by atoms with Crippen molar-refractivity contribution in [1.82, 2.24) is 10.6 Å². The monoisotopic (exact) mass is 415 g/mol. The molecule has 0 bridgehead atoms. The Balaban J connectivity index is 2.29. The van der Waals surface area contributed by atoms with E-state index in [1.54, 1.807) is 7.11 Å². The van der Waals surface area contributed by atoms with Crippen LogP contribution < -0.4 is 20.3 Å². The van der Waals surface area contributed by atoms with E-state index >= 15 is 0 Å². The molecule has 0 saturated heterocycles. The second kappa shape index (κ2) is 11.0. The number of anilines is 1. The van der Waals surface area contributed by atoms with Crippen LogP contribution in [0.15, 0.2) is 36.9 Å². The molecule has 0 aromatic heterocycles. The molecule has 1 aromatic rings. The van der Waals surface area contributed by atoms with Gasteiger partial charge in [-0.15, -0.1) is 6.58 Å². The standard InChI is InChI=1S/C24H37N3O3/c1-6-8-15-25-23(29)24(26-18(3)28)16-19(7-2)9-10-20(24)17-27(4)21-11-13-22(30-5)14-12-21/h7,11-14,19-20H,2,6,8-10,15-17H2,1,3-5H3,(H,25,29)(H,26,28)/t19-,20+,24-/m1/s1. The molecule has 2 rings (SSSR count). The fraction of sp³-hybridized carbons (Fsp3) is 0.583. The SMILES string of the molecule is C=C[C@@H]1CC[C@@H](CN(C)c2ccc(OC)cc2)[C@@](NC(C)=O)(C(=O)NCCCC)C1. The van der Waals surface area contributed by atoms with E-state index < -0.39 is 5.54 Å². The maximum Gasteiger partial charge on any atom is 0.246 e. The smallest absolute Gasteiger partial charge is 0.246 e. The number of hydrogen-bond donors (Lipinski definition) is 2. The minimum Gasteiger partial charge on any atom is -0.497 e. The predicted molar refractivity (Wildman–Crippen MR) is 122 cm³/mol. The number of ether oxygens (including phenoxy) is 1. The van der Waals surface area contributed by atoms with E-state index in [-0.39, 0.29) is 23.7 Å². The first-order valence-electron chi connectivity index (χ1n) is 10.9. The Hall–Kier alpha value is -2.50. The number of rotatable bonds is 10. The number of carbonyl (C=O) groups excluding carboxylic acids is 2. The summed E-state index contributed by atoms with van der Waals surface area (Å²) in [6.45, 7) is 8.82. The maximum absolute atomic E-state index is 13.4. The normalized spacial score (nSPS) is 23.3. The van der Waals surface area contributed by atoms with Gasteiger partial charge in [-0.3, -0.25) is 9.59 Å². The zero-order chi connectivity index (χ0) is 22.1. The van der Waals surface area contributed by atoms with Crippen LogP contribution in [0.1, 0.15) is 46.0 Å². The van der Waals surface area contributed by atoms with Crippen molar-refractivity contribution in [1.29, 1.82) is 0 Å². The van der Waals surface area contributed by atoms with Gasteiger partial charge in [-0.25, -0.2) is 0 Å². The Labute approximate surface area is 181 Å². The number of benzene rings is 1. The van der Waals surface area contributed by atoms with E-state index in [4.69, 9.17) is 4.74 Å². The quantitative estimate of drug-likeness (QED) is 0.453. The molecule has 0 heterocycles. The molecule has 2 amide bonds. The van der Waals surface area contributed by atoms with Crippen LogP contribution in [0, 0.1) is 11.8 Å². The summed E-state index contributed by atoms with van der Waals surface area (Å²) in [6, 6.07) is 7.88. The van der Waals surface area contributed by atoms with Crippen molar-refractivity contribution < 1.29 is 14.3 Å².